The smallest absolute Gasteiger partial charge is 0.164 e. The molecule has 0 aliphatic carbocycles. The van der Waals surface area contributed by atoms with E-state index in [4.69, 9.17) is 15.0 Å². The van der Waals surface area contributed by atoms with Gasteiger partial charge >= 0.3 is 0 Å². The lowest BCUT2D eigenvalue weighted by atomic mass is 9.87. The van der Waals surface area contributed by atoms with Gasteiger partial charge in [0.15, 0.2) is 17.5 Å². The average Bonchev–Trinajstić information content (AvgIpc) is 3.65. The summed E-state index contributed by atoms with van der Waals surface area (Å²) in [5.41, 5.74) is 8.61. The number of hydrogen-bond donors (Lipinski definition) is 0. The Hall–Kier alpha value is -7.95. The molecule has 0 unspecified atom stereocenters. The van der Waals surface area contributed by atoms with E-state index < -0.39 is 0 Å². The van der Waals surface area contributed by atoms with Crippen LogP contribution in [0.2, 0.25) is 0 Å². The zero-order chi connectivity index (χ0) is 38.9. The minimum absolute atomic E-state index is 0.633. The maximum Gasteiger partial charge on any atom is 0.164 e. The maximum atomic E-state index is 5.39. The second-order valence-corrected chi connectivity index (χ2v) is 15.1. The van der Waals surface area contributed by atoms with Gasteiger partial charge in [-0.1, -0.05) is 170 Å². The highest BCUT2D eigenvalue weighted by atomic mass is 15.0. The lowest BCUT2D eigenvalue weighted by molar-refractivity contribution is 1.08. The van der Waals surface area contributed by atoms with Crippen molar-refractivity contribution in [3.8, 4) is 51.0 Å². The Morgan fingerprint density at radius 1 is 0.305 bits per heavy atom. The highest BCUT2D eigenvalue weighted by Crippen LogP contribution is 2.44. The van der Waals surface area contributed by atoms with Crippen molar-refractivity contribution in [2.75, 3.05) is 0 Å². The Labute approximate surface area is 340 Å². The van der Waals surface area contributed by atoms with Gasteiger partial charge in [-0.2, -0.15) is 0 Å². The molecule has 0 saturated carbocycles. The van der Waals surface area contributed by atoms with Crippen molar-refractivity contribution in [3.63, 3.8) is 0 Å². The monoisotopic (exact) mass is 750 g/mol. The van der Waals surface area contributed by atoms with Gasteiger partial charge in [-0.15, -0.1) is 0 Å². The molecule has 12 rings (SSSR count). The molecule has 2 aromatic heterocycles. The molecule has 10 aromatic carbocycles. The molecular formula is C55H34N4. The normalized spacial score (nSPS) is 11.7. The summed E-state index contributed by atoms with van der Waals surface area (Å²) in [5.74, 6) is 1.90. The molecule has 4 nitrogen and oxygen atoms in total. The molecule has 0 N–H and O–H groups in total. The van der Waals surface area contributed by atoms with Crippen molar-refractivity contribution in [2.24, 2.45) is 0 Å². The molecule has 0 saturated heterocycles. The standard InChI is InChI=1S/C55H34N4/c1-3-17-36(18-4-1)53-56-54(58-55(57-53)47-27-15-29-50-52(47)46-26-13-14-28-49(46)59(50)38-20-5-2-6-21-38)45-33-32-43(41-24-11-12-25-42(41)45)51-40-23-10-8-19-37(40)34-48-39-22-9-7-16-35(39)30-31-44(48)51/h1-34H. The van der Waals surface area contributed by atoms with E-state index in [9.17, 15) is 0 Å². The topological polar surface area (TPSA) is 43.6 Å². The third-order valence-electron chi connectivity index (χ3n) is 11.8. The van der Waals surface area contributed by atoms with Crippen molar-refractivity contribution >= 4 is 64.9 Å². The number of nitrogens with zero attached hydrogens (tertiary/aromatic N) is 4. The lowest BCUT2D eigenvalue weighted by Gasteiger charge is -2.17. The fraction of sp³-hybridized carbons (Fsp3) is 0. The first-order valence-corrected chi connectivity index (χ1v) is 20.0. The van der Waals surface area contributed by atoms with Crippen molar-refractivity contribution in [3.05, 3.63) is 206 Å². The van der Waals surface area contributed by atoms with E-state index in [-0.39, 0.29) is 0 Å². The van der Waals surface area contributed by atoms with Gasteiger partial charge < -0.3 is 4.57 Å². The fourth-order valence-electron chi connectivity index (χ4n) is 9.22. The predicted molar refractivity (Wildman–Crippen MR) is 246 cm³/mol. The minimum atomic E-state index is 0.633. The summed E-state index contributed by atoms with van der Waals surface area (Å²) in [6, 6.07) is 73.4. The summed E-state index contributed by atoms with van der Waals surface area (Å²) in [6.45, 7) is 0. The van der Waals surface area contributed by atoms with Crippen LogP contribution in [0.3, 0.4) is 0 Å². The molecule has 0 aliphatic rings. The largest absolute Gasteiger partial charge is 0.309 e. The van der Waals surface area contributed by atoms with Gasteiger partial charge in [0.05, 0.1) is 11.0 Å². The average molecular weight is 751 g/mol. The summed E-state index contributed by atoms with van der Waals surface area (Å²) in [6.07, 6.45) is 0. The summed E-state index contributed by atoms with van der Waals surface area (Å²) in [7, 11) is 0. The van der Waals surface area contributed by atoms with Crippen LogP contribution >= 0.6 is 0 Å². The van der Waals surface area contributed by atoms with Crippen LogP contribution in [-0.4, -0.2) is 19.5 Å². The second-order valence-electron chi connectivity index (χ2n) is 15.1. The molecule has 0 bridgehead atoms. The van der Waals surface area contributed by atoms with Crippen molar-refractivity contribution < 1.29 is 0 Å². The summed E-state index contributed by atoms with van der Waals surface area (Å²) >= 11 is 0. The summed E-state index contributed by atoms with van der Waals surface area (Å²) < 4.78 is 2.33. The van der Waals surface area contributed by atoms with Crippen LogP contribution in [0.25, 0.3) is 116 Å². The molecule has 0 aliphatic heterocycles. The molecule has 274 valence electrons. The summed E-state index contributed by atoms with van der Waals surface area (Å²) in [5, 5.41) is 11.9. The third kappa shape index (κ3) is 5.27. The molecule has 59 heavy (non-hydrogen) atoms. The van der Waals surface area contributed by atoms with E-state index in [1.165, 1.54) is 43.4 Å². The van der Waals surface area contributed by atoms with Gasteiger partial charge in [-0.25, -0.2) is 15.0 Å². The molecule has 4 heteroatoms. The first kappa shape index (κ1) is 33.2. The highest BCUT2D eigenvalue weighted by molar-refractivity contribution is 6.23. The van der Waals surface area contributed by atoms with Gasteiger partial charge in [0.1, 0.15) is 0 Å². The van der Waals surface area contributed by atoms with Gasteiger partial charge in [0, 0.05) is 33.2 Å². The van der Waals surface area contributed by atoms with Crippen LogP contribution in [0.4, 0.5) is 0 Å². The SMILES string of the molecule is c1ccc(-c2nc(-c3ccc(-c4c5ccccc5cc5c4ccc4ccccc45)c4ccccc34)nc(-c3cccc4c3c3ccccc3n4-c3ccccc3)n2)cc1. The van der Waals surface area contributed by atoms with Crippen LogP contribution in [-0.2, 0) is 0 Å². The van der Waals surface area contributed by atoms with Crippen LogP contribution in [0.15, 0.2) is 206 Å². The first-order chi connectivity index (χ1) is 29.3. The Morgan fingerprint density at radius 2 is 0.881 bits per heavy atom. The van der Waals surface area contributed by atoms with Crippen LogP contribution in [0, 0.1) is 0 Å². The molecule has 0 spiro atoms. The first-order valence-electron chi connectivity index (χ1n) is 20.0. The number of para-hydroxylation sites is 2. The predicted octanol–water partition coefficient (Wildman–Crippen LogP) is 14.2. The van der Waals surface area contributed by atoms with Crippen molar-refractivity contribution in [2.45, 2.75) is 0 Å². The fourth-order valence-corrected chi connectivity index (χ4v) is 9.22. The van der Waals surface area contributed by atoms with E-state index in [2.05, 4.69) is 193 Å². The quantitative estimate of drug-likeness (QED) is 0.130. The van der Waals surface area contributed by atoms with Crippen LogP contribution < -0.4 is 0 Å². The second kappa shape index (κ2) is 13.3. The molecular weight excluding hydrogens is 717 g/mol. The van der Waals surface area contributed by atoms with Crippen LogP contribution in [0.5, 0.6) is 0 Å². The maximum absolute atomic E-state index is 5.39. The number of aromatic nitrogens is 4. The van der Waals surface area contributed by atoms with Crippen LogP contribution in [0.1, 0.15) is 0 Å². The lowest BCUT2D eigenvalue weighted by Crippen LogP contribution is -2.01. The Morgan fingerprint density at radius 3 is 1.68 bits per heavy atom. The molecule has 0 radical (unpaired) electrons. The van der Waals surface area contributed by atoms with Gasteiger partial charge in [-0.3, -0.25) is 0 Å². The zero-order valence-corrected chi connectivity index (χ0v) is 31.9. The highest BCUT2D eigenvalue weighted by Gasteiger charge is 2.22. The molecule has 0 atom stereocenters. The van der Waals surface area contributed by atoms with Crippen molar-refractivity contribution in [1.82, 2.24) is 19.5 Å². The Kier molecular flexibility index (Phi) is 7.50. The van der Waals surface area contributed by atoms with E-state index in [0.717, 1.165) is 55.0 Å². The number of fused-ring (bicyclic) bond motifs is 8. The minimum Gasteiger partial charge on any atom is -0.309 e. The molecule has 2 heterocycles. The van der Waals surface area contributed by atoms with Gasteiger partial charge in [-0.05, 0) is 90.6 Å². The number of benzene rings is 10. The Balaban J connectivity index is 1.12. The van der Waals surface area contributed by atoms with E-state index in [1.807, 2.05) is 18.2 Å². The van der Waals surface area contributed by atoms with E-state index in [1.54, 1.807) is 0 Å². The summed E-state index contributed by atoms with van der Waals surface area (Å²) in [4.78, 5) is 15.9. The van der Waals surface area contributed by atoms with E-state index in [0.29, 0.717) is 17.5 Å². The Bertz CT molecular complexity index is 3610. The van der Waals surface area contributed by atoms with Gasteiger partial charge in [0.2, 0.25) is 0 Å². The molecule has 12 aromatic rings. The molecule has 0 fully saturated rings. The van der Waals surface area contributed by atoms with Gasteiger partial charge in [0.25, 0.3) is 0 Å². The van der Waals surface area contributed by atoms with E-state index >= 15 is 0 Å². The third-order valence-corrected chi connectivity index (χ3v) is 11.8. The zero-order valence-electron chi connectivity index (χ0n) is 31.9. The van der Waals surface area contributed by atoms with Crippen molar-refractivity contribution in [1.29, 1.82) is 0 Å². The number of hydrogen-bond acceptors (Lipinski definition) is 3. The number of rotatable bonds is 5. The molecule has 0 amide bonds.